The number of carboxylic acids is 1. The Balaban J connectivity index is 2.10. The van der Waals surface area contributed by atoms with Gasteiger partial charge in [-0.2, -0.15) is 0 Å². The maximum atomic E-state index is 12.4. The average molecular weight is 511 g/mol. The van der Waals surface area contributed by atoms with Crippen LogP contribution in [-0.2, 0) is 33.3 Å². The van der Waals surface area contributed by atoms with Gasteiger partial charge in [-0.15, -0.1) is 0 Å². The third-order valence-corrected chi connectivity index (χ3v) is 6.22. The van der Waals surface area contributed by atoms with Crippen LogP contribution in [0.5, 0.6) is 0 Å². The second-order valence-electron chi connectivity index (χ2n) is 8.96. The number of rotatable bonds is 11. The van der Waals surface area contributed by atoms with E-state index in [-0.39, 0.29) is 12.8 Å². The average Bonchev–Trinajstić information content (AvgIpc) is 2.80. The van der Waals surface area contributed by atoms with Crippen molar-refractivity contribution in [3.63, 3.8) is 0 Å². The summed E-state index contributed by atoms with van der Waals surface area (Å²) >= 11 is 0. The molecule has 35 heavy (non-hydrogen) atoms. The molecule has 6 N–H and O–H groups in total. The Morgan fingerprint density at radius 2 is 1.31 bits per heavy atom. The van der Waals surface area contributed by atoms with Crippen LogP contribution < -0.4 is 0 Å². The van der Waals surface area contributed by atoms with Crippen molar-refractivity contribution in [1.82, 2.24) is 0 Å². The minimum atomic E-state index is -1.66. The van der Waals surface area contributed by atoms with Crippen LogP contribution in [0.3, 0.4) is 0 Å². The maximum absolute atomic E-state index is 12.4. The Labute approximate surface area is 203 Å². The summed E-state index contributed by atoms with van der Waals surface area (Å²) in [6, 6.07) is 0. The van der Waals surface area contributed by atoms with Gasteiger partial charge in [0.15, 0.2) is 12.6 Å². The van der Waals surface area contributed by atoms with Crippen LogP contribution in [0, 0.1) is 0 Å². The minimum absolute atomic E-state index is 0.239. The second kappa shape index (κ2) is 13.2. The number of hydrogen-bond acceptors (Lipinski definition) is 12. The molecule has 13 heteroatoms. The number of aliphatic carboxylic acids is 1. The lowest BCUT2D eigenvalue weighted by Crippen LogP contribution is -2.63. The van der Waals surface area contributed by atoms with Gasteiger partial charge in [0, 0.05) is 0 Å². The van der Waals surface area contributed by atoms with E-state index in [1.165, 1.54) is 13.8 Å². The third-order valence-electron chi connectivity index (χ3n) is 6.22. The first-order chi connectivity index (χ1) is 16.4. The predicted molar refractivity (Wildman–Crippen MR) is 116 cm³/mol. The Morgan fingerprint density at radius 1 is 0.771 bits per heavy atom. The van der Waals surface area contributed by atoms with Gasteiger partial charge >= 0.3 is 11.9 Å². The highest BCUT2D eigenvalue weighted by Gasteiger charge is 2.50. The molecule has 2 aliphatic heterocycles. The summed E-state index contributed by atoms with van der Waals surface area (Å²) in [6.07, 6.45) is -15.0. The molecule has 12 atom stereocenters. The molecule has 0 bridgehead atoms. The van der Waals surface area contributed by atoms with Gasteiger partial charge in [-0.25, -0.2) is 0 Å². The van der Waals surface area contributed by atoms with Crippen molar-refractivity contribution in [1.29, 1.82) is 0 Å². The molecule has 0 spiro atoms. The van der Waals surface area contributed by atoms with E-state index in [4.69, 9.17) is 28.8 Å². The van der Waals surface area contributed by atoms with Crippen molar-refractivity contribution in [3.8, 4) is 0 Å². The highest BCUT2D eigenvalue weighted by Crippen LogP contribution is 2.30. The van der Waals surface area contributed by atoms with E-state index in [9.17, 15) is 35.1 Å². The lowest BCUT2D eigenvalue weighted by atomic mass is 9.98. The molecular weight excluding hydrogens is 472 g/mol. The number of carboxylic acid groups (broad SMARTS) is 1. The summed E-state index contributed by atoms with van der Waals surface area (Å²) in [7, 11) is 0. The molecule has 2 saturated heterocycles. The number of carbonyl (C=O) groups excluding carboxylic acids is 1. The minimum Gasteiger partial charge on any atom is -0.481 e. The molecule has 2 rings (SSSR count). The zero-order chi connectivity index (χ0) is 26.4. The smallest absolute Gasteiger partial charge is 0.308 e. The maximum Gasteiger partial charge on any atom is 0.308 e. The largest absolute Gasteiger partial charge is 0.481 e. The van der Waals surface area contributed by atoms with Crippen molar-refractivity contribution in [3.05, 3.63) is 0 Å². The molecule has 0 aromatic carbocycles. The van der Waals surface area contributed by atoms with Gasteiger partial charge in [-0.1, -0.05) is 13.8 Å². The summed E-state index contributed by atoms with van der Waals surface area (Å²) in [6.45, 7) is 6.38. The molecule has 0 aromatic rings. The monoisotopic (exact) mass is 510 g/mol. The standard InChI is InChI=1S/C22H38O13/c1-5-11(7-13(23)24)33-14(25)8-12(6-2)34-22-20(18(29)16(27)10(4)32-22)35-21-19(30)17(28)15(26)9(3)31-21/h9-12,15-22,26-30H,5-8H2,1-4H3,(H,23,24)/t9-,10-,11?,12?,15-,16-,17+,18+,19+,20+,21?,22?/m1/s1. The topological polar surface area (TPSA) is 202 Å². The zero-order valence-corrected chi connectivity index (χ0v) is 20.3. The number of hydrogen-bond donors (Lipinski definition) is 6. The van der Waals surface area contributed by atoms with E-state index in [0.717, 1.165) is 0 Å². The molecule has 2 fully saturated rings. The van der Waals surface area contributed by atoms with Gasteiger partial charge in [0.05, 0.1) is 31.2 Å². The van der Waals surface area contributed by atoms with Crippen LogP contribution in [-0.4, -0.2) is 116 Å². The fraction of sp³-hybridized carbons (Fsp3) is 0.909. The number of aliphatic hydroxyl groups excluding tert-OH is 5. The number of ether oxygens (including phenoxy) is 5. The van der Waals surface area contributed by atoms with Crippen LogP contribution in [0.4, 0.5) is 0 Å². The van der Waals surface area contributed by atoms with Gasteiger partial charge < -0.3 is 54.3 Å². The zero-order valence-electron chi connectivity index (χ0n) is 20.3. The van der Waals surface area contributed by atoms with Gasteiger partial charge in [0.25, 0.3) is 0 Å². The molecule has 2 heterocycles. The van der Waals surface area contributed by atoms with E-state index in [1.54, 1.807) is 13.8 Å². The highest BCUT2D eigenvalue weighted by atomic mass is 16.8. The quantitative estimate of drug-likeness (QED) is 0.178. The van der Waals surface area contributed by atoms with Crippen LogP contribution in [0.2, 0.25) is 0 Å². The second-order valence-corrected chi connectivity index (χ2v) is 8.96. The molecule has 0 saturated carbocycles. The van der Waals surface area contributed by atoms with E-state index < -0.39 is 85.6 Å². The molecule has 204 valence electrons. The molecule has 2 aliphatic rings. The fourth-order valence-corrected chi connectivity index (χ4v) is 3.90. The van der Waals surface area contributed by atoms with Crippen molar-refractivity contribution in [2.24, 2.45) is 0 Å². The molecule has 0 aromatic heterocycles. The molecule has 0 aliphatic carbocycles. The first-order valence-corrected chi connectivity index (χ1v) is 11.8. The van der Waals surface area contributed by atoms with Crippen molar-refractivity contribution < 1.29 is 63.9 Å². The molecule has 13 nitrogen and oxygen atoms in total. The van der Waals surface area contributed by atoms with Crippen LogP contribution in [0.15, 0.2) is 0 Å². The summed E-state index contributed by atoms with van der Waals surface area (Å²) in [5, 5.41) is 60.1. The van der Waals surface area contributed by atoms with E-state index in [1.807, 2.05) is 0 Å². The Kier molecular flexibility index (Phi) is 11.3. The lowest BCUT2D eigenvalue weighted by Gasteiger charge is -2.46. The van der Waals surface area contributed by atoms with Crippen molar-refractivity contribution >= 4 is 11.9 Å². The predicted octanol–water partition coefficient (Wildman–Crippen LogP) is -1.35. The highest BCUT2D eigenvalue weighted by molar-refractivity contribution is 5.71. The summed E-state index contributed by atoms with van der Waals surface area (Å²) in [5.74, 6) is -1.77. The lowest BCUT2D eigenvalue weighted by molar-refractivity contribution is -0.366. The Morgan fingerprint density at radius 3 is 1.86 bits per heavy atom. The van der Waals surface area contributed by atoms with Gasteiger partial charge in [0.1, 0.15) is 42.7 Å². The summed E-state index contributed by atoms with van der Waals surface area (Å²) in [5.41, 5.74) is 0. The first-order valence-electron chi connectivity index (χ1n) is 11.8. The number of aliphatic hydroxyl groups is 5. The Bertz CT molecular complexity index is 690. The Hall–Kier alpha value is -1.42. The van der Waals surface area contributed by atoms with E-state index in [2.05, 4.69) is 0 Å². The number of carbonyl (C=O) groups is 2. The summed E-state index contributed by atoms with van der Waals surface area (Å²) < 4.78 is 27.9. The normalized spacial score (nSPS) is 39.6. The molecule has 0 amide bonds. The van der Waals surface area contributed by atoms with E-state index in [0.29, 0.717) is 12.8 Å². The van der Waals surface area contributed by atoms with Crippen LogP contribution >= 0.6 is 0 Å². The van der Waals surface area contributed by atoms with Gasteiger partial charge in [0.2, 0.25) is 0 Å². The third kappa shape index (κ3) is 7.78. The SMILES string of the molecule is CCC(CC(=O)O)OC(=O)CC(CC)OC1O[C@H](C)[C@@H](O)[C@H](O)[C@@H]1OC1O[C@H](C)[C@@H](O)[C@H](O)[C@@H]1O. The number of esters is 1. The summed E-state index contributed by atoms with van der Waals surface area (Å²) in [4.78, 5) is 23.3. The molecular formula is C22H38O13. The van der Waals surface area contributed by atoms with Crippen LogP contribution in [0.1, 0.15) is 53.4 Å². The van der Waals surface area contributed by atoms with E-state index >= 15 is 0 Å². The molecule has 0 radical (unpaired) electrons. The van der Waals surface area contributed by atoms with Crippen molar-refractivity contribution in [2.45, 2.75) is 127 Å². The van der Waals surface area contributed by atoms with Crippen LogP contribution in [0.25, 0.3) is 0 Å². The molecule has 4 unspecified atom stereocenters. The van der Waals surface area contributed by atoms with Gasteiger partial charge in [-0.05, 0) is 26.7 Å². The van der Waals surface area contributed by atoms with Crippen molar-refractivity contribution in [2.75, 3.05) is 0 Å². The first kappa shape index (κ1) is 29.8. The van der Waals surface area contributed by atoms with Gasteiger partial charge in [-0.3, -0.25) is 9.59 Å². The fourth-order valence-electron chi connectivity index (χ4n) is 3.90.